The van der Waals surface area contributed by atoms with Gasteiger partial charge < -0.3 is 4.42 Å². The Morgan fingerprint density at radius 2 is 2.05 bits per heavy atom. The van der Waals surface area contributed by atoms with Crippen LogP contribution < -0.4 is 10.4 Å². The summed E-state index contributed by atoms with van der Waals surface area (Å²) in [6.45, 7) is 0. The van der Waals surface area contributed by atoms with Gasteiger partial charge in [-0.3, -0.25) is 15.0 Å². The summed E-state index contributed by atoms with van der Waals surface area (Å²) >= 11 is 3.33. The average Bonchev–Trinajstić information content (AvgIpc) is 3.02. The Bertz CT molecular complexity index is 707. The molecule has 100 valence electrons. The Morgan fingerprint density at radius 1 is 1.20 bits per heavy atom. The van der Waals surface area contributed by atoms with Crippen LogP contribution in [0.4, 0.5) is 5.69 Å². The fourth-order valence-electron chi connectivity index (χ4n) is 1.87. The summed E-state index contributed by atoms with van der Waals surface area (Å²) in [7, 11) is 0. The third kappa shape index (κ3) is 2.25. The summed E-state index contributed by atoms with van der Waals surface area (Å²) in [6.07, 6.45) is 2.91. The lowest BCUT2D eigenvalue weighted by Crippen LogP contribution is -2.35. The predicted molar refractivity (Wildman–Crippen MR) is 76.5 cm³/mol. The SMILES string of the molecule is O=C1NN(c2cccc(Br)c2)C(=O)/C1=C\c1ccco1. The average molecular weight is 333 g/mol. The van der Waals surface area contributed by atoms with Gasteiger partial charge in [-0.2, -0.15) is 0 Å². The Kier molecular flexibility index (Phi) is 3.15. The lowest BCUT2D eigenvalue weighted by molar-refractivity contribution is -0.117. The highest BCUT2D eigenvalue weighted by molar-refractivity contribution is 9.10. The highest BCUT2D eigenvalue weighted by Crippen LogP contribution is 2.24. The van der Waals surface area contributed by atoms with E-state index >= 15 is 0 Å². The van der Waals surface area contributed by atoms with E-state index in [9.17, 15) is 9.59 Å². The zero-order valence-corrected chi connectivity index (χ0v) is 11.8. The first-order chi connectivity index (χ1) is 9.65. The van der Waals surface area contributed by atoms with Crippen LogP contribution >= 0.6 is 15.9 Å². The molecule has 0 radical (unpaired) electrons. The molecule has 0 aliphatic carbocycles. The van der Waals surface area contributed by atoms with Gasteiger partial charge in [0.05, 0.1) is 12.0 Å². The van der Waals surface area contributed by atoms with E-state index < -0.39 is 11.8 Å². The van der Waals surface area contributed by atoms with Crippen LogP contribution in [0.15, 0.2) is 57.1 Å². The Labute approximate surface area is 123 Å². The van der Waals surface area contributed by atoms with E-state index in [0.29, 0.717) is 11.4 Å². The molecule has 0 atom stereocenters. The van der Waals surface area contributed by atoms with Crippen LogP contribution in [0.5, 0.6) is 0 Å². The van der Waals surface area contributed by atoms with Crippen molar-refractivity contribution in [1.82, 2.24) is 5.43 Å². The molecule has 1 aliphatic rings. The second kappa shape index (κ2) is 4.97. The highest BCUT2D eigenvalue weighted by atomic mass is 79.9. The number of carbonyl (C=O) groups excluding carboxylic acids is 2. The van der Waals surface area contributed by atoms with Crippen molar-refractivity contribution >= 4 is 39.5 Å². The summed E-state index contributed by atoms with van der Waals surface area (Å²) in [5, 5.41) is 1.21. The van der Waals surface area contributed by atoms with Crippen LogP contribution in [-0.4, -0.2) is 11.8 Å². The molecule has 1 N–H and O–H groups in total. The van der Waals surface area contributed by atoms with Gasteiger partial charge in [-0.05, 0) is 36.4 Å². The zero-order valence-electron chi connectivity index (χ0n) is 10.2. The van der Waals surface area contributed by atoms with E-state index in [0.717, 1.165) is 4.47 Å². The number of halogens is 1. The van der Waals surface area contributed by atoms with E-state index in [1.807, 2.05) is 6.07 Å². The molecule has 1 aliphatic heterocycles. The van der Waals surface area contributed by atoms with Crippen LogP contribution in [-0.2, 0) is 9.59 Å². The highest BCUT2D eigenvalue weighted by Gasteiger charge is 2.34. The number of anilines is 1. The van der Waals surface area contributed by atoms with Crippen molar-refractivity contribution in [2.24, 2.45) is 0 Å². The molecule has 2 amide bonds. The number of nitrogens with one attached hydrogen (secondary N) is 1. The summed E-state index contributed by atoms with van der Waals surface area (Å²) in [6, 6.07) is 10.5. The number of hydrogen-bond acceptors (Lipinski definition) is 3. The standard InChI is InChI=1S/C14H9BrN2O3/c15-9-3-1-4-10(7-9)17-14(19)12(13(18)16-17)8-11-5-2-6-20-11/h1-8H,(H,16,18)/b12-8-. The van der Waals surface area contributed by atoms with Gasteiger partial charge in [0.1, 0.15) is 11.3 Å². The van der Waals surface area contributed by atoms with Crippen LogP contribution in [0.2, 0.25) is 0 Å². The lowest BCUT2D eigenvalue weighted by atomic mass is 10.2. The van der Waals surface area contributed by atoms with Gasteiger partial charge in [0.2, 0.25) is 0 Å². The summed E-state index contributed by atoms with van der Waals surface area (Å²) < 4.78 is 5.94. The van der Waals surface area contributed by atoms with Gasteiger partial charge in [0, 0.05) is 4.47 Å². The quantitative estimate of drug-likeness (QED) is 0.678. The van der Waals surface area contributed by atoms with Crippen molar-refractivity contribution in [3.8, 4) is 0 Å². The molecule has 0 saturated carbocycles. The van der Waals surface area contributed by atoms with E-state index in [-0.39, 0.29) is 5.57 Å². The Balaban J connectivity index is 1.95. The minimum Gasteiger partial charge on any atom is -0.465 e. The monoisotopic (exact) mass is 332 g/mol. The fraction of sp³-hybridized carbons (Fsp3) is 0. The van der Waals surface area contributed by atoms with E-state index in [1.165, 1.54) is 17.3 Å². The van der Waals surface area contributed by atoms with Crippen LogP contribution in [0.1, 0.15) is 5.76 Å². The van der Waals surface area contributed by atoms with Gasteiger partial charge in [-0.1, -0.05) is 22.0 Å². The predicted octanol–water partition coefficient (Wildman–Crippen LogP) is 2.50. The van der Waals surface area contributed by atoms with Crippen molar-refractivity contribution in [2.45, 2.75) is 0 Å². The van der Waals surface area contributed by atoms with Crippen LogP contribution in [0.25, 0.3) is 6.08 Å². The van der Waals surface area contributed by atoms with E-state index in [4.69, 9.17) is 4.42 Å². The smallest absolute Gasteiger partial charge is 0.282 e. The molecule has 0 unspecified atom stereocenters. The number of hydrazine groups is 1. The van der Waals surface area contributed by atoms with Gasteiger partial charge in [-0.15, -0.1) is 0 Å². The molecular weight excluding hydrogens is 324 g/mol. The second-order valence-corrected chi connectivity index (χ2v) is 5.05. The molecular formula is C14H9BrN2O3. The molecule has 1 saturated heterocycles. The molecule has 2 heterocycles. The Hall–Kier alpha value is -2.34. The van der Waals surface area contributed by atoms with Gasteiger partial charge in [-0.25, -0.2) is 5.01 Å². The summed E-state index contributed by atoms with van der Waals surface area (Å²) in [4.78, 5) is 24.2. The number of furan rings is 1. The van der Waals surface area contributed by atoms with E-state index in [2.05, 4.69) is 21.4 Å². The lowest BCUT2D eigenvalue weighted by Gasteiger charge is -2.14. The van der Waals surface area contributed by atoms with Crippen LogP contribution in [0, 0.1) is 0 Å². The topological polar surface area (TPSA) is 62.6 Å². The molecule has 1 aromatic carbocycles. The number of nitrogens with zero attached hydrogens (tertiary/aromatic N) is 1. The Morgan fingerprint density at radius 3 is 2.75 bits per heavy atom. The number of rotatable bonds is 2. The molecule has 0 spiro atoms. The van der Waals surface area contributed by atoms with Gasteiger partial charge >= 0.3 is 0 Å². The number of carbonyl (C=O) groups is 2. The second-order valence-electron chi connectivity index (χ2n) is 4.13. The van der Waals surface area contributed by atoms with E-state index in [1.54, 1.807) is 30.3 Å². The third-order valence-corrected chi connectivity index (χ3v) is 3.28. The molecule has 1 fully saturated rings. The van der Waals surface area contributed by atoms with Crippen molar-refractivity contribution in [2.75, 3.05) is 5.01 Å². The van der Waals surface area contributed by atoms with Crippen molar-refractivity contribution in [3.05, 3.63) is 58.5 Å². The number of hydrogen-bond donors (Lipinski definition) is 1. The summed E-state index contributed by atoms with van der Waals surface area (Å²) in [5.74, 6) is -0.407. The summed E-state index contributed by atoms with van der Waals surface area (Å²) in [5.41, 5.74) is 3.15. The molecule has 6 heteroatoms. The van der Waals surface area contributed by atoms with Gasteiger partial charge in [0.15, 0.2) is 0 Å². The molecule has 1 aromatic heterocycles. The molecule has 0 bridgehead atoms. The molecule has 3 rings (SSSR count). The normalized spacial score (nSPS) is 16.9. The fourth-order valence-corrected chi connectivity index (χ4v) is 2.26. The van der Waals surface area contributed by atoms with Crippen molar-refractivity contribution < 1.29 is 14.0 Å². The maximum atomic E-state index is 12.3. The first-order valence-corrected chi connectivity index (χ1v) is 6.60. The van der Waals surface area contributed by atoms with Crippen molar-refractivity contribution in [3.63, 3.8) is 0 Å². The first kappa shape index (κ1) is 12.7. The first-order valence-electron chi connectivity index (χ1n) is 5.81. The zero-order chi connectivity index (χ0) is 14.1. The molecule has 2 aromatic rings. The van der Waals surface area contributed by atoms with Crippen LogP contribution in [0.3, 0.4) is 0 Å². The number of benzene rings is 1. The maximum absolute atomic E-state index is 12.3. The largest absolute Gasteiger partial charge is 0.465 e. The molecule has 5 nitrogen and oxygen atoms in total. The molecule has 20 heavy (non-hydrogen) atoms. The minimum absolute atomic E-state index is 0.0416. The van der Waals surface area contributed by atoms with Gasteiger partial charge in [0.25, 0.3) is 11.8 Å². The minimum atomic E-state index is -0.452. The maximum Gasteiger partial charge on any atom is 0.282 e. The van der Waals surface area contributed by atoms with Crippen molar-refractivity contribution in [1.29, 1.82) is 0 Å². The third-order valence-electron chi connectivity index (χ3n) is 2.79. The number of amides is 2.